The number of likely N-dealkylation sites (tertiary alicyclic amines) is 1. The van der Waals surface area contributed by atoms with Crippen molar-refractivity contribution in [2.75, 3.05) is 26.4 Å². The van der Waals surface area contributed by atoms with Crippen LogP contribution in [0.5, 0.6) is 11.5 Å². The van der Waals surface area contributed by atoms with Crippen molar-refractivity contribution in [3.05, 3.63) is 71.9 Å². The summed E-state index contributed by atoms with van der Waals surface area (Å²) in [5.74, 6) is -2.20. The van der Waals surface area contributed by atoms with Gasteiger partial charge in [-0.3, -0.25) is 14.5 Å². The molecule has 0 bridgehead atoms. The lowest BCUT2D eigenvalue weighted by Crippen LogP contribution is -2.72. The standard InChI is InChI=1S/C26H28N2O9/c1-17(2)23(26(32)33)28-24(31)22(27-20(29)15-36-18-9-5-3-6-10-18)25(28)35-14-13-34-21(30)16-37-19-11-7-4-8-12-19/h3-12,22,25H,13-16H2,1-2H3,(H,27,29)(H,32,33)/t22-,25-/m0/s1. The fourth-order valence-corrected chi connectivity index (χ4v) is 3.47. The number of allylic oxidation sites excluding steroid dienone is 1. The third-order valence-corrected chi connectivity index (χ3v) is 5.12. The lowest BCUT2D eigenvalue weighted by atomic mass is 10.0. The molecule has 196 valence electrons. The average Bonchev–Trinajstić information content (AvgIpc) is 2.89. The third-order valence-electron chi connectivity index (χ3n) is 5.12. The van der Waals surface area contributed by atoms with Gasteiger partial charge < -0.3 is 29.4 Å². The lowest BCUT2D eigenvalue weighted by molar-refractivity contribution is -0.185. The van der Waals surface area contributed by atoms with Crippen molar-refractivity contribution >= 4 is 23.8 Å². The molecule has 2 N–H and O–H groups in total. The molecule has 1 fully saturated rings. The van der Waals surface area contributed by atoms with Crippen LogP contribution in [0.25, 0.3) is 0 Å². The van der Waals surface area contributed by atoms with E-state index in [-0.39, 0.29) is 32.1 Å². The molecule has 11 nitrogen and oxygen atoms in total. The van der Waals surface area contributed by atoms with Crippen molar-refractivity contribution in [3.8, 4) is 11.5 Å². The van der Waals surface area contributed by atoms with Gasteiger partial charge in [-0.25, -0.2) is 9.59 Å². The van der Waals surface area contributed by atoms with Gasteiger partial charge in [0.2, 0.25) is 0 Å². The third kappa shape index (κ3) is 7.55. The number of hydrogen-bond donors (Lipinski definition) is 2. The number of nitrogens with zero attached hydrogens (tertiary/aromatic N) is 1. The Hall–Kier alpha value is -4.38. The quantitative estimate of drug-likeness (QED) is 0.178. The van der Waals surface area contributed by atoms with E-state index in [2.05, 4.69) is 5.32 Å². The first kappa shape index (κ1) is 27.2. The number of hydrogen-bond acceptors (Lipinski definition) is 8. The Morgan fingerprint density at radius 2 is 1.46 bits per heavy atom. The number of amides is 2. The number of carboxylic acid groups (broad SMARTS) is 1. The summed E-state index contributed by atoms with van der Waals surface area (Å²) in [7, 11) is 0. The fraction of sp³-hybridized carbons (Fsp3) is 0.308. The van der Waals surface area contributed by atoms with Crippen molar-refractivity contribution in [1.82, 2.24) is 10.2 Å². The van der Waals surface area contributed by atoms with Gasteiger partial charge in [-0.2, -0.15) is 0 Å². The minimum Gasteiger partial charge on any atom is -0.484 e. The van der Waals surface area contributed by atoms with E-state index in [0.717, 1.165) is 4.90 Å². The molecular formula is C26H28N2O9. The minimum absolute atomic E-state index is 0.159. The molecule has 2 aromatic carbocycles. The summed E-state index contributed by atoms with van der Waals surface area (Å²) in [5.41, 5.74) is 0.116. The number of carbonyl (C=O) groups is 4. The number of rotatable bonds is 13. The average molecular weight is 513 g/mol. The Morgan fingerprint density at radius 1 is 0.892 bits per heavy atom. The molecule has 1 aliphatic rings. The van der Waals surface area contributed by atoms with Crippen LogP contribution in [-0.4, -0.2) is 72.5 Å². The van der Waals surface area contributed by atoms with Crippen LogP contribution in [-0.2, 0) is 28.7 Å². The Bertz CT molecular complexity index is 1130. The molecule has 0 aromatic heterocycles. The molecule has 3 rings (SSSR count). The maximum Gasteiger partial charge on any atom is 0.352 e. The van der Waals surface area contributed by atoms with Gasteiger partial charge in [-0.05, 0) is 43.7 Å². The number of aliphatic carboxylic acids is 1. The summed E-state index contributed by atoms with van der Waals surface area (Å²) in [5, 5.41) is 12.1. The zero-order chi connectivity index (χ0) is 26.8. The molecule has 1 saturated heterocycles. The first-order valence-electron chi connectivity index (χ1n) is 11.4. The van der Waals surface area contributed by atoms with Crippen LogP contribution >= 0.6 is 0 Å². The smallest absolute Gasteiger partial charge is 0.352 e. The predicted molar refractivity (Wildman–Crippen MR) is 129 cm³/mol. The van der Waals surface area contributed by atoms with E-state index in [1.54, 1.807) is 68.4 Å². The molecule has 0 unspecified atom stereocenters. The van der Waals surface area contributed by atoms with Crippen LogP contribution in [0, 0.1) is 0 Å². The molecule has 0 saturated carbocycles. The minimum atomic E-state index is -1.32. The highest BCUT2D eigenvalue weighted by Gasteiger charge is 2.52. The molecule has 2 aromatic rings. The van der Waals surface area contributed by atoms with Crippen LogP contribution in [0.3, 0.4) is 0 Å². The molecular weight excluding hydrogens is 484 g/mol. The van der Waals surface area contributed by atoms with E-state index < -0.39 is 36.0 Å². The van der Waals surface area contributed by atoms with Crippen molar-refractivity contribution in [2.45, 2.75) is 26.1 Å². The SMILES string of the molecule is CC(C)=C(C(=O)O)N1C(=O)[C@H](NC(=O)COc2ccccc2)[C@@H]1OCCOC(=O)COc1ccccc1. The first-order valence-corrected chi connectivity index (χ1v) is 11.4. The largest absolute Gasteiger partial charge is 0.484 e. The van der Waals surface area contributed by atoms with Crippen molar-refractivity contribution in [1.29, 1.82) is 0 Å². The Balaban J connectivity index is 1.55. The normalized spacial score (nSPS) is 16.3. The van der Waals surface area contributed by atoms with Crippen molar-refractivity contribution in [2.24, 2.45) is 0 Å². The molecule has 2 amide bonds. The second kappa shape index (κ2) is 13.1. The molecule has 0 aliphatic carbocycles. The van der Waals surface area contributed by atoms with Crippen molar-refractivity contribution < 1.29 is 43.2 Å². The van der Waals surface area contributed by atoms with Gasteiger partial charge in [0.05, 0.1) is 6.61 Å². The second-order valence-electron chi connectivity index (χ2n) is 8.09. The topological polar surface area (TPSA) is 141 Å². The molecule has 0 radical (unpaired) electrons. The molecule has 0 spiro atoms. The van der Waals surface area contributed by atoms with E-state index in [1.165, 1.54) is 0 Å². The molecule has 11 heteroatoms. The highest BCUT2D eigenvalue weighted by molar-refractivity contribution is 6.00. The number of esters is 1. The van der Waals surface area contributed by atoms with Gasteiger partial charge in [0, 0.05) is 0 Å². The van der Waals surface area contributed by atoms with E-state index in [4.69, 9.17) is 18.9 Å². The van der Waals surface area contributed by atoms with Gasteiger partial charge in [0.15, 0.2) is 25.5 Å². The molecule has 2 atom stereocenters. The first-order chi connectivity index (χ1) is 17.8. The summed E-state index contributed by atoms with van der Waals surface area (Å²) < 4.78 is 21.4. The number of benzene rings is 2. The van der Waals surface area contributed by atoms with Crippen LogP contribution in [0.4, 0.5) is 0 Å². The summed E-state index contributed by atoms with van der Waals surface area (Å²) >= 11 is 0. The molecule has 37 heavy (non-hydrogen) atoms. The van der Waals surface area contributed by atoms with Crippen LogP contribution in [0.1, 0.15) is 13.8 Å². The number of carbonyl (C=O) groups excluding carboxylic acids is 3. The number of β-lactam (4-membered cyclic amide) rings is 1. The zero-order valence-corrected chi connectivity index (χ0v) is 20.4. The van der Waals surface area contributed by atoms with Gasteiger partial charge in [0.1, 0.15) is 23.8 Å². The van der Waals surface area contributed by atoms with Gasteiger partial charge in [-0.15, -0.1) is 0 Å². The van der Waals surface area contributed by atoms with E-state index in [9.17, 15) is 24.3 Å². The number of para-hydroxylation sites is 2. The van der Waals surface area contributed by atoms with E-state index in [1.807, 2.05) is 6.07 Å². The zero-order valence-electron chi connectivity index (χ0n) is 20.4. The highest BCUT2D eigenvalue weighted by atomic mass is 16.6. The molecule has 1 aliphatic heterocycles. The van der Waals surface area contributed by atoms with E-state index in [0.29, 0.717) is 17.1 Å². The second-order valence-corrected chi connectivity index (χ2v) is 8.09. The molecule has 1 heterocycles. The summed E-state index contributed by atoms with van der Waals surface area (Å²) in [4.78, 5) is 49.8. The van der Waals surface area contributed by atoms with Gasteiger partial charge >= 0.3 is 11.9 Å². The van der Waals surface area contributed by atoms with Gasteiger partial charge in [-0.1, -0.05) is 36.4 Å². The monoisotopic (exact) mass is 512 g/mol. The van der Waals surface area contributed by atoms with Crippen LogP contribution < -0.4 is 14.8 Å². The Kier molecular flexibility index (Phi) is 9.61. The van der Waals surface area contributed by atoms with Crippen molar-refractivity contribution in [3.63, 3.8) is 0 Å². The predicted octanol–water partition coefficient (Wildman–Crippen LogP) is 1.74. The Labute approximate surface area is 213 Å². The highest BCUT2D eigenvalue weighted by Crippen LogP contribution is 2.28. The van der Waals surface area contributed by atoms with Crippen LogP contribution in [0.2, 0.25) is 0 Å². The summed E-state index contributed by atoms with van der Waals surface area (Å²) in [6.07, 6.45) is -1.12. The van der Waals surface area contributed by atoms with Crippen LogP contribution in [0.15, 0.2) is 71.9 Å². The Morgan fingerprint density at radius 3 is 2.00 bits per heavy atom. The lowest BCUT2D eigenvalue weighted by Gasteiger charge is -2.46. The van der Waals surface area contributed by atoms with Gasteiger partial charge in [0.25, 0.3) is 11.8 Å². The summed E-state index contributed by atoms with van der Waals surface area (Å²) in [6.45, 7) is 2.09. The maximum absolute atomic E-state index is 12.8. The van der Waals surface area contributed by atoms with E-state index >= 15 is 0 Å². The maximum atomic E-state index is 12.8. The fourth-order valence-electron chi connectivity index (χ4n) is 3.47. The summed E-state index contributed by atoms with van der Waals surface area (Å²) in [6, 6.07) is 16.2. The number of ether oxygens (including phenoxy) is 4. The number of nitrogens with one attached hydrogen (secondary N) is 1. The number of carboxylic acids is 1.